The monoisotopic (exact) mass is 234 g/mol. The molecule has 0 aliphatic heterocycles. The van der Waals surface area contributed by atoms with Crippen LogP contribution in [0, 0.1) is 0 Å². The standard InChI is InChI=1S/C6H9Cl3O3/c1-4(10)12-3-2-5(11)6(7,8)9/h5,11H,2-3H2,1H3/t5-/m1/s1. The average molecular weight is 235 g/mol. The summed E-state index contributed by atoms with van der Waals surface area (Å²) in [6.07, 6.45) is -1.02. The van der Waals surface area contributed by atoms with E-state index in [-0.39, 0.29) is 13.0 Å². The highest BCUT2D eigenvalue weighted by molar-refractivity contribution is 6.68. The summed E-state index contributed by atoms with van der Waals surface area (Å²) in [6, 6.07) is 0. The third-order valence-electron chi connectivity index (χ3n) is 1.07. The van der Waals surface area contributed by atoms with E-state index in [0.717, 1.165) is 0 Å². The number of carbonyl (C=O) groups is 1. The molecule has 0 fully saturated rings. The van der Waals surface area contributed by atoms with Crippen molar-refractivity contribution in [1.82, 2.24) is 0 Å². The van der Waals surface area contributed by atoms with E-state index in [1.54, 1.807) is 0 Å². The van der Waals surface area contributed by atoms with Crippen molar-refractivity contribution >= 4 is 40.8 Å². The predicted molar refractivity (Wildman–Crippen MR) is 47.5 cm³/mol. The van der Waals surface area contributed by atoms with Crippen molar-refractivity contribution in [3.8, 4) is 0 Å². The van der Waals surface area contributed by atoms with Gasteiger partial charge in [-0.05, 0) is 0 Å². The fourth-order valence-electron chi connectivity index (χ4n) is 0.478. The second-order valence-electron chi connectivity index (χ2n) is 2.19. The summed E-state index contributed by atoms with van der Waals surface area (Å²) in [5.74, 6) is -0.425. The Labute approximate surface area is 85.5 Å². The zero-order chi connectivity index (χ0) is 9.78. The van der Waals surface area contributed by atoms with Crippen molar-refractivity contribution in [2.45, 2.75) is 23.2 Å². The molecule has 0 radical (unpaired) electrons. The molecule has 3 nitrogen and oxygen atoms in total. The summed E-state index contributed by atoms with van der Waals surface area (Å²) in [5.41, 5.74) is 0. The minimum atomic E-state index is -1.72. The maximum atomic E-state index is 10.3. The summed E-state index contributed by atoms with van der Waals surface area (Å²) in [4.78, 5) is 10.3. The van der Waals surface area contributed by atoms with Gasteiger partial charge in [0, 0.05) is 13.3 Å². The summed E-state index contributed by atoms with van der Waals surface area (Å²) in [6.45, 7) is 1.31. The highest BCUT2D eigenvalue weighted by Gasteiger charge is 2.30. The summed E-state index contributed by atoms with van der Waals surface area (Å²) >= 11 is 16.0. The molecule has 0 rings (SSSR count). The van der Waals surface area contributed by atoms with E-state index in [9.17, 15) is 4.79 Å². The molecule has 0 amide bonds. The molecular weight excluding hydrogens is 226 g/mol. The maximum absolute atomic E-state index is 10.3. The predicted octanol–water partition coefficient (Wildman–Crippen LogP) is 1.67. The first-order valence-corrected chi connectivity index (χ1v) is 4.35. The van der Waals surface area contributed by atoms with Gasteiger partial charge in [0.15, 0.2) is 0 Å². The minimum absolute atomic E-state index is 0.0460. The van der Waals surface area contributed by atoms with Gasteiger partial charge < -0.3 is 9.84 Å². The molecule has 0 bridgehead atoms. The third-order valence-corrected chi connectivity index (χ3v) is 1.83. The van der Waals surface area contributed by atoms with E-state index >= 15 is 0 Å². The van der Waals surface area contributed by atoms with E-state index in [4.69, 9.17) is 39.9 Å². The van der Waals surface area contributed by atoms with Crippen molar-refractivity contribution in [2.75, 3.05) is 6.61 Å². The van der Waals surface area contributed by atoms with Gasteiger partial charge in [0.25, 0.3) is 0 Å². The molecule has 0 aliphatic rings. The first-order valence-electron chi connectivity index (χ1n) is 3.22. The van der Waals surface area contributed by atoms with Crippen molar-refractivity contribution in [3.05, 3.63) is 0 Å². The summed E-state index contributed by atoms with van der Waals surface area (Å²) in [7, 11) is 0. The number of esters is 1. The molecule has 1 N–H and O–H groups in total. The van der Waals surface area contributed by atoms with E-state index in [1.807, 2.05) is 0 Å². The Bertz CT molecular complexity index is 155. The molecule has 0 spiro atoms. The fourth-order valence-corrected chi connectivity index (χ4v) is 0.805. The molecule has 0 aromatic carbocycles. The number of hydrogen-bond acceptors (Lipinski definition) is 3. The van der Waals surface area contributed by atoms with Crippen molar-refractivity contribution in [2.24, 2.45) is 0 Å². The Morgan fingerprint density at radius 2 is 2.08 bits per heavy atom. The molecule has 72 valence electrons. The average Bonchev–Trinajstić information content (AvgIpc) is 1.84. The van der Waals surface area contributed by atoms with Gasteiger partial charge in [0.1, 0.15) is 6.10 Å². The molecule has 0 unspecified atom stereocenters. The zero-order valence-corrected chi connectivity index (χ0v) is 8.66. The van der Waals surface area contributed by atoms with Crippen molar-refractivity contribution in [1.29, 1.82) is 0 Å². The van der Waals surface area contributed by atoms with Crippen molar-refractivity contribution < 1.29 is 14.6 Å². The lowest BCUT2D eigenvalue weighted by Gasteiger charge is -2.17. The summed E-state index contributed by atoms with van der Waals surface area (Å²) in [5, 5.41) is 9.11. The van der Waals surface area contributed by atoms with Crippen LogP contribution < -0.4 is 0 Å². The second kappa shape index (κ2) is 5.12. The Hall–Kier alpha value is 0.300. The van der Waals surface area contributed by atoms with Gasteiger partial charge in [-0.15, -0.1) is 0 Å². The number of aliphatic hydroxyl groups excluding tert-OH is 1. The molecule has 0 aliphatic carbocycles. The number of hydrogen-bond donors (Lipinski definition) is 1. The number of carbonyl (C=O) groups excluding carboxylic acids is 1. The van der Waals surface area contributed by atoms with Crippen LogP contribution in [-0.2, 0) is 9.53 Å². The highest BCUT2D eigenvalue weighted by atomic mass is 35.6. The van der Waals surface area contributed by atoms with E-state index < -0.39 is 15.9 Å². The lowest BCUT2D eigenvalue weighted by Crippen LogP contribution is -2.26. The molecule has 0 heterocycles. The van der Waals surface area contributed by atoms with Gasteiger partial charge in [0.05, 0.1) is 6.61 Å². The molecule has 0 saturated heterocycles. The zero-order valence-electron chi connectivity index (χ0n) is 6.39. The number of rotatable bonds is 3. The van der Waals surface area contributed by atoms with E-state index in [0.29, 0.717) is 0 Å². The highest BCUT2D eigenvalue weighted by Crippen LogP contribution is 2.31. The van der Waals surface area contributed by atoms with Crippen LogP contribution in [0.3, 0.4) is 0 Å². The van der Waals surface area contributed by atoms with Crippen LogP contribution in [0.2, 0.25) is 0 Å². The van der Waals surface area contributed by atoms with Crippen LogP contribution in [0.15, 0.2) is 0 Å². The Morgan fingerprint density at radius 3 is 2.42 bits per heavy atom. The Kier molecular flexibility index (Phi) is 5.25. The molecule has 12 heavy (non-hydrogen) atoms. The normalized spacial score (nSPS) is 14.1. The number of halogens is 3. The second-order valence-corrected chi connectivity index (χ2v) is 4.56. The van der Waals surface area contributed by atoms with Gasteiger partial charge in [-0.1, -0.05) is 34.8 Å². The first-order chi connectivity index (χ1) is 5.34. The number of aliphatic hydroxyl groups is 1. The Balaban J connectivity index is 3.58. The molecule has 0 aromatic rings. The number of ether oxygens (including phenoxy) is 1. The van der Waals surface area contributed by atoms with Gasteiger partial charge in [0.2, 0.25) is 3.79 Å². The van der Waals surface area contributed by atoms with Crippen LogP contribution >= 0.6 is 34.8 Å². The molecular formula is C6H9Cl3O3. The lowest BCUT2D eigenvalue weighted by atomic mass is 10.3. The lowest BCUT2D eigenvalue weighted by molar-refractivity contribution is -0.141. The Morgan fingerprint density at radius 1 is 1.58 bits per heavy atom. The fraction of sp³-hybridized carbons (Fsp3) is 0.833. The molecule has 6 heteroatoms. The van der Waals surface area contributed by atoms with Gasteiger partial charge in [-0.25, -0.2) is 0 Å². The van der Waals surface area contributed by atoms with E-state index in [2.05, 4.69) is 4.74 Å². The topological polar surface area (TPSA) is 46.5 Å². The van der Waals surface area contributed by atoms with Gasteiger partial charge in [-0.2, -0.15) is 0 Å². The largest absolute Gasteiger partial charge is 0.466 e. The maximum Gasteiger partial charge on any atom is 0.302 e. The SMILES string of the molecule is CC(=O)OCC[C@@H](O)C(Cl)(Cl)Cl. The van der Waals surface area contributed by atoms with Gasteiger partial charge in [-0.3, -0.25) is 4.79 Å². The molecule has 1 atom stereocenters. The van der Waals surface area contributed by atoms with E-state index in [1.165, 1.54) is 6.92 Å². The molecule has 0 aromatic heterocycles. The first kappa shape index (κ1) is 12.3. The summed E-state index contributed by atoms with van der Waals surface area (Å²) < 4.78 is 2.81. The smallest absolute Gasteiger partial charge is 0.302 e. The van der Waals surface area contributed by atoms with Crippen LogP contribution in [0.5, 0.6) is 0 Å². The van der Waals surface area contributed by atoms with Crippen LogP contribution in [0.4, 0.5) is 0 Å². The van der Waals surface area contributed by atoms with Crippen LogP contribution in [0.1, 0.15) is 13.3 Å². The van der Waals surface area contributed by atoms with Crippen LogP contribution in [-0.4, -0.2) is 27.6 Å². The van der Waals surface area contributed by atoms with Crippen LogP contribution in [0.25, 0.3) is 0 Å². The minimum Gasteiger partial charge on any atom is -0.466 e. The molecule has 0 saturated carbocycles. The van der Waals surface area contributed by atoms with Gasteiger partial charge >= 0.3 is 5.97 Å². The quantitative estimate of drug-likeness (QED) is 0.598. The third kappa shape index (κ3) is 5.89. The van der Waals surface area contributed by atoms with Crippen molar-refractivity contribution in [3.63, 3.8) is 0 Å². The number of alkyl halides is 3.